The molecule has 0 amide bonds. The van der Waals surface area contributed by atoms with Crippen LogP contribution in [0.1, 0.15) is 11.1 Å². The zero-order valence-corrected chi connectivity index (χ0v) is 11.1. The van der Waals surface area contributed by atoms with Crippen LogP contribution in [0.15, 0.2) is 41.6 Å². The number of thioether (sulfide) groups is 1. The first-order valence-corrected chi connectivity index (χ1v) is 6.61. The van der Waals surface area contributed by atoms with Crippen molar-refractivity contribution in [1.82, 2.24) is 4.98 Å². The molecule has 1 aromatic heterocycles. The monoisotopic (exact) mass is 264 g/mol. The van der Waals surface area contributed by atoms with Gasteiger partial charge < -0.3 is 5.73 Å². The number of halogens is 1. The van der Waals surface area contributed by atoms with Crippen LogP contribution in [-0.4, -0.2) is 4.98 Å². The molecule has 0 atom stereocenters. The van der Waals surface area contributed by atoms with E-state index in [1.165, 1.54) is 11.1 Å². The van der Waals surface area contributed by atoms with Crippen molar-refractivity contribution in [2.45, 2.75) is 17.6 Å². The molecule has 2 aromatic rings. The Hall–Kier alpha value is -1.19. The molecule has 1 heterocycles. The Morgan fingerprint density at radius 1 is 1.29 bits per heavy atom. The molecule has 0 saturated carbocycles. The molecule has 0 aliphatic heterocycles. The Kier molecular flexibility index (Phi) is 3.92. The number of aryl methyl sites for hydroxylation is 1. The summed E-state index contributed by atoms with van der Waals surface area (Å²) in [5.41, 5.74) is 9.07. The third-order valence-corrected chi connectivity index (χ3v) is 4.11. The number of hydrogen-bond donors (Lipinski definition) is 1. The van der Waals surface area contributed by atoms with Gasteiger partial charge in [-0.15, -0.1) is 11.8 Å². The van der Waals surface area contributed by atoms with Gasteiger partial charge >= 0.3 is 0 Å². The number of nitrogens with zero attached hydrogens (tertiary/aromatic N) is 1. The van der Waals surface area contributed by atoms with Crippen molar-refractivity contribution in [2.24, 2.45) is 0 Å². The lowest BCUT2D eigenvalue weighted by Crippen LogP contribution is -1.92. The normalized spacial score (nSPS) is 10.5. The molecule has 0 aliphatic rings. The third kappa shape index (κ3) is 2.93. The average molecular weight is 265 g/mol. The van der Waals surface area contributed by atoms with E-state index in [-0.39, 0.29) is 0 Å². The highest BCUT2D eigenvalue weighted by molar-refractivity contribution is 7.98. The fourth-order valence-corrected chi connectivity index (χ4v) is 2.88. The van der Waals surface area contributed by atoms with Crippen molar-refractivity contribution < 1.29 is 0 Å². The van der Waals surface area contributed by atoms with Crippen LogP contribution in [-0.2, 0) is 5.75 Å². The summed E-state index contributed by atoms with van der Waals surface area (Å²) in [6.45, 7) is 2.10. The molecule has 1 aromatic carbocycles. The second-order valence-electron chi connectivity index (χ2n) is 3.75. The van der Waals surface area contributed by atoms with Gasteiger partial charge in [0.15, 0.2) is 0 Å². The van der Waals surface area contributed by atoms with Crippen LogP contribution in [0.3, 0.4) is 0 Å². The summed E-state index contributed by atoms with van der Waals surface area (Å²) < 4.78 is 0. The molecule has 0 unspecified atom stereocenters. The summed E-state index contributed by atoms with van der Waals surface area (Å²) in [5, 5.41) is 0.614. The van der Waals surface area contributed by atoms with E-state index in [9.17, 15) is 0 Å². The van der Waals surface area contributed by atoms with E-state index in [0.29, 0.717) is 10.7 Å². The number of pyridine rings is 1. The minimum atomic E-state index is 0.614. The highest BCUT2D eigenvalue weighted by atomic mass is 35.5. The van der Waals surface area contributed by atoms with Crippen LogP contribution in [0, 0.1) is 6.92 Å². The standard InChI is InChI=1S/C13H13ClN2S/c1-9-4-2-3-5-10(9)8-17-13-11(14)6-16-7-12(13)15/h2-7H,8,15H2,1H3. The maximum Gasteiger partial charge on any atom is 0.0746 e. The maximum absolute atomic E-state index is 6.07. The quantitative estimate of drug-likeness (QED) is 0.854. The number of nitrogen functional groups attached to an aromatic ring is 1. The predicted octanol–water partition coefficient (Wildman–Crippen LogP) is 3.92. The lowest BCUT2D eigenvalue weighted by atomic mass is 10.1. The molecule has 2 rings (SSSR count). The van der Waals surface area contributed by atoms with Gasteiger partial charge in [0.2, 0.25) is 0 Å². The van der Waals surface area contributed by atoms with Gasteiger partial charge in [0.05, 0.1) is 21.8 Å². The number of hydrogen-bond acceptors (Lipinski definition) is 3. The van der Waals surface area contributed by atoms with Crippen LogP contribution in [0.4, 0.5) is 5.69 Å². The summed E-state index contributed by atoms with van der Waals surface area (Å²) in [6, 6.07) is 8.30. The second-order valence-corrected chi connectivity index (χ2v) is 5.15. The molecule has 2 nitrogen and oxygen atoms in total. The van der Waals surface area contributed by atoms with Crippen LogP contribution in [0.2, 0.25) is 5.02 Å². The highest BCUT2D eigenvalue weighted by Gasteiger charge is 2.07. The van der Waals surface area contributed by atoms with Gasteiger partial charge in [-0.3, -0.25) is 4.98 Å². The Labute approximate surface area is 110 Å². The maximum atomic E-state index is 6.07. The van der Waals surface area contributed by atoms with Crippen LogP contribution < -0.4 is 5.73 Å². The molecule has 0 saturated heterocycles. The average Bonchev–Trinajstić information content (AvgIpc) is 2.30. The number of aromatic nitrogens is 1. The highest BCUT2D eigenvalue weighted by Crippen LogP contribution is 2.34. The van der Waals surface area contributed by atoms with Crippen LogP contribution in [0.5, 0.6) is 0 Å². The first-order valence-electron chi connectivity index (χ1n) is 5.25. The van der Waals surface area contributed by atoms with E-state index in [1.807, 2.05) is 12.1 Å². The smallest absolute Gasteiger partial charge is 0.0746 e. The van der Waals surface area contributed by atoms with E-state index in [4.69, 9.17) is 17.3 Å². The Morgan fingerprint density at radius 3 is 2.76 bits per heavy atom. The third-order valence-electron chi connectivity index (χ3n) is 2.51. The summed E-state index contributed by atoms with van der Waals surface area (Å²) >= 11 is 7.72. The van der Waals surface area contributed by atoms with E-state index < -0.39 is 0 Å². The van der Waals surface area contributed by atoms with Crippen molar-refractivity contribution in [2.75, 3.05) is 5.73 Å². The van der Waals surface area contributed by atoms with Crippen molar-refractivity contribution in [3.8, 4) is 0 Å². The van der Waals surface area contributed by atoms with Gasteiger partial charge in [-0.05, 0) is 18.1 Å². The number of nitrogens with two attached hydrogens (primary N) is 1. The predicted molar refractivity (Wildman–Crippen MR) is 74.4 cm³/mol. The molecular weight excluding hydrogens is 252 g/mol. The number of anilines is 1. The van der Waals surface area contributed by atoms with E-state index in [1.54, 1.807) is 24.2 Å². The Morgan fingerprint density at radius 2 is 2.06 bits per heavy atom. The fraction of sp³-hybridized carbons (Fsp3) is 0.154. The lowest BCUT2D eigenvalue weighted by Gasteiger charge is -2.08. The lowest BCUT2D eigenvalue weighted by molar-refractivity contribution is 1.26. The molecule has 0 fully saturated rings. The Balaban J connectivity index is 2.16. The van der Waals surface area contributed by atoms with Gasteiger partial charge in [0, 0.05) is 11.9 Å². The van der Waals surface area contributed by atoms with Gasteiger partial charge in [-0.1, -0.05) is 35.9 Å². The molecule has 0 bridgehead atoms. The summed E-state index contributed by atoms with van der Waals surface area (Å²) in [5.74, 6) is 0.862. The van der Waals surface area contributed by atoms with Crippen molar-refractivity contribution in [3.63, 3.8) is 0 Å². The summed E-state index contributed by atoms with van der Waals surface area (Å²) in [7, 11) is 0. The zero-order valence-electron chi connectivity index (χ0n) is 9.48. The van der Waals surface area contributed by atoms with Crippen molar-refractivity contribution >= 4 is 29.1 Å². The van der Waals surface area contributed by atoms with Gasteiger partial charge in [0.25, 0.3) is 0 Å². The largest absolute Gasteiger partial charge is 0.397 e. The first kappa shape index (κ1) is 12.3. The van der Waals surface area contributed by atoms with Crippen molar-refractivity contribution in [1.29, 1.82) is 0 Å². The van der Waals surface area contributed by atoms with Crippen LogP contribution in [0.25, 0.3) is 0 Å². The summed E-state index contributed by atoms with van der Waals surface area (Å²) in [6.07, 6.45) is 3.25. The minimum Gasteiger partial charge on any atom is -0.397 e. The van der Waals surface area contributed by atoms with E-state index in [2.05, 4.69) is 24.0 Å². The van der Waals surface area contributed by atoms with Crippen LogP contribution >= 0.6 is 23.4 Å². The first-order chi connectivity index (χ1) is 8.18. The zero-order chi connectivity index (χ0) is 12.3. The molecule has 0 spiro atoms. The number of benzene rings is 1. The van der Waals surface area contributed by atoms with E-state index >= 15 is 0 Å². The molecule has 2 N–H and O–H groups in total. The van der Waals surface area contributed by atoms with Gasteiger partial charge in [0.1, 0.15) is 0 Å². The number of rotatable bonds is 3. The molecule has 0 radical (unpaired) electrons. The van der Waals surface area contributed by atoms with Gasteiger partial charge in [-0.25, -0.2) is 0 Å². The van der Waals surface area contributed by atoms with E-state index in [0.717, 1.165) is 10.6 Å². The van der Waals surface area contributed by atoms with Gasteiger partial charge in [-0.2, -0.15) is 0 Å². The molecule has 4 heteroatoms. The molecule has 88 valence electrons. The summed E-state index contributed by atoms with van der Waals surface area (Å²) in [4.78, 5) is 4.85. The SMILES string of the molecule is Cc1ccccc1CSc1c(N)cncc1Cl. The molecule has 0 aliphatic carbocycles. The molecule has 17 heavy (non-hydrogen) atoms. The second kappa shape index (κ2) is 5.43. The topological polar surface area (TPSA) is 38.9 Å². The molecular formula is C13H13ClN2S. The van der Waals surface area contributed by atoms with Crippen molar-refractivity contribution in [3.05, 3.63) is 52.8 Å². The Bertz CT molecular complexity index is 508. The minimum absolute atomic E-state index is 0.614. The fourth-order valence-electron chi connectivity index (χ4n) is 1.51.